The van der Waals surface area contributed by atoms with Crippen LogP contribution >= 0.6 is 0 Å². The summed E-state index contributed by atoms with van der Waals surface area (Å²) in [4.78, 5) is 16.6. The second-order valence-electron chi connectivity index (χ2n) is 10.8. The Kier molecular flexibility index (Phi) is 10.1. The van der Waals surface area contributed by atoms with Crippen molar-refractivity contribution in [2.75, 3.05) is 39.3 Å². The van der Waals surface area contributed by atoms with E-state index in [1.54, 1.807) is 43.9 Å². The van der Waals surface area contributed by atoms with Crippen LogP contribution in [-0.4, -0.2) is 71.9 Å². The summed E-state index contributed by atoms with van der Waals surface area (Å²) in [5, 5.41) is 19.6. The Morgan fingerprint density at radius 1 is 1.27 bits per heavy atom. The molecule has 0 aromatic heterocycles. The molecular weight excluding hydrogens is 469 g/mol. The van der Waals surface area contributed by atoms with Gasteiger partial charge in [-0.25, -0.2) is 4.39 Å². The van der Waals surface area contributed by atoms with Gasteiger partial charge in [0.15, 0.2) is 0 Å². The van der Waals surface area contributed by atoms with Crippen LogP contribution in [-0.2, 0) is 4.79 Å². The second-order valence-corrected chi connectivity index (χ2v) is 10.8. The van der Waals surface area contributed by atoms with E-state index in [0.29, 0.717) is 49.0 Å². The molecule has 37 heavy (non-hydrogen) atoms. The summed E-state index contributed by atoms with van der Waals surface area (Å²) in [6.45, 7) is 12.6. The maximum atomic E-state index is 13.9. The van der Waals surface area contributed by atoms with Crippen molar-refractivity contribution in [1.82, 2.24) is 9.80 Å². The number of hydrogen-bond donors (Lipinski definition) is 1. The molecule has 7 heteroatoms. The van der Waals surface area contributed by atoms with E-state index in [0.717, 1.165) is 49.9 Å². The lowest BCUT2D eigenvalue weighted by Gasteiger charge is -2.34. The molecule has 0 radical (unpaired) electrons. The number of amides is 1. The van der Waals surface area contributed by atoms with E-state index in [2.05, 4.69) is 17.5 Å². The Morgan fingerprint density at radius 3 is 2.62 bits per heavy atom. The molecule has 2 aliphatic heterocycles. The number of carbonyl (C=O) groups is 1. The van der Waals surface area contributed by atoms with Gasteiger partial charge < -0.3 is 19.6 Å². The number of aliphatic hydroxyl groups excluding tert-OH is 1. The van der Waals surface area contributed by atoms with Crippen LogP contribution in [0.4, 0.5) is 4.39 Å². The van der Waals surface area contributed by atoms with Crippen molar-refractivity contribution in [3.63, 3.8) is 0 Å². The van der Waals surface area contributed by atoms with Crippen molar-refractivity contribution in [2.45, 2.75) is 58.2 Å². The van der Waals surface area contributed by atoms with E-state index in [1.807, 2.05) is 18.2 Å². The van der Waals surface area contributed by atoms with Crippen LogP contribution in [0.1, 0.15) is 57.6 Å². The zero-order valence-corrected chi connectivity index (χ0v) is 22.4. The van der Waals surface area contributed by atoms with E-state index in [1.165, 1.54) is 0 Å². The lowest BCUT2D eigenvalue weighted by molar-refractivity contribution is -0.130. The average molecular weight is 510 g/mol. The molecule has 0 spiro atoms. The monoisotopic (exact) mass is 509 g/mol. The molecule has 1 atom stereocenters. The first-order valence-electron chi connectivity index (χ1n) is 13.2. The molecule has 0 saturated carbocycles. The first-order chi connectivity index (χ1) is 17.6. The van der Waals surface area contributed by atoms with Crippen LogP contribution in [0.2, 0.25) is 0 Å². The summed E-state index contributed by atoms with van der Waals surface area (Å²) in [5.41, 5.74) is 1.44. The number of allylic oxidation sites excluding steroid dienone is 4. The van der Waals surface area contributed by atoms with Gasteiger partial charge in [0, 0.05) is 25.2 Å². The molecule has 0 aliphatic carbocycles. The molecule has 1 aromatic carbocycles. The van der Waals surface area contributed by atoms with Crippen LogP contribution < -0.4 is 4.74 Å². The van der Waals surface area contributed by atoms with Gasteiger partial charge in [-0.15, -0.1) is 0 Å². The van der Waals surface area contributed by atoms with E-state index in [9.17, 15) is 19.6 Å². The Labute approximate surface area is 220 Å². The summed E-state index contributed by atoms with van der Waals surface area (Å²) in [6, 6.07) is 7.71. The highest BCUT2D eigenvalue weighted by molar-refractivity contribution is 5.93. The van der Waals surface area contributed by atoms with Crippen molar-refractivity contribution in [2.24, 2.45) is 5.92 Å². The fourth-order valence-corrected chi connectivity index (χ4v) is 4.93. The molecule has 2 aliphatic rings. The van der Waals surface area contributed by atoms with Gasteiger partial charge in [-0.2, -0.15) is 5.26 Å². The van der Waals surface area contributed by atoms with Gasteiger partial charge in [0.2, 0.25) is 5.91 Å². The van der Waals surface area contributed by atoms with Crippen molar-refractivity contribution >= 4 is 11.5 Å². The molecule has 1 N–H and O–H groups in total. The van der Waals surface area contributed by atoms with E-state index in [4.69, 9.17) is 4.74 Å². The molecule has 2 fully saturated rings. The fourth-order valence-electron chi connectivity index (χ4n) is 4.93. The third-order valence-electron chi connectivity index (χ3n) is 6.97. The van der Waals surface area contributed by atoms with E-state index in [-0.39, 0.29) is 5.91 Å². The summed E-state index contributed by atoms with van der Waals surface area (Å²) in [6.07, 6.45) is 8.24. The van der Waals surface area contributed by atoms with Crippen LogP contribution in [0.15, 0.2) is 48.6 Å². The predicted molar refractivity (Wildman–Crippen MR) is 145 cm³/mol. The quantitative estimate of drug-likeness (QED) is 0.379. The summed E-state index contributed by atoms with van der Waals surface area (Å²) >= 11 is 0. The summed E-state index contributed by atoms with van der Waals surface area (Å²) < 4.78 is 20.0. The third kappa shape index (κ3) is 8.55. The average Bonchev–Trinajstić information content (AvgIpc) is 2.87. The molecule has 3 rings (SSSR count). The number of halogens is 1. The number of likely N-dealkylation sites (tertiary alicyclic amines) is 2. The van der Waals surface area contributed by atoms with Crippen molar-refractivity contribution < 1.29 is 19.0 Å². The number of β-amino-alcohol motifs (C(OH)–C–C–N with tert-alkyl or cyclic N) is 1. The standard InChI is InChI=1S/C30H40FN3O3/c1-5-24(9-8-22(2)29(36)34-14-6-7-27(35)19-34)25-10-11-28(26(17-25)18-32)37-20-23-12-15-33(16-13-23)21-30(3,4)31/h5,8-11,17,23,27,35H,1,6-7,12-16,19-21H2,2-4H3/b22-8+,24-9+/t27-/m1/s1. The highest BCUT2D eigenvalue weighted by Crippen LogP contribution is 2.27. The molecule has 200 valence electrons. The zero-order chi connectivity index (χ0) is 27.0. The number of carbonyl (C=O) groups excluding carboxylic acids is 1. The Hall–Kier alpha value is -2.95. The van der Waals surface area contributed by atoms with Crippen LogP contribution in [0.25, 0.3) is 5.57 Å². The number of piperidine rings is 2. The Bertz CT molecular complexity index is 1060. The van der Waals surface area contributed by atoms with Crippen molar-refractivity contribution in [3.05, 3.63) is 59.7 Å². The maximum absolute atomic E-state index is 13.9. The maximum Gasteiger partial charge on any atom is 0.249 e. The fraction of sp³-hybridized carbons (Fsp3) is 0.533. The number of hydrogen-bond acceptors (Lipinski definition) is 5. The van der Waals surface area contributed by atoms with Crippen LogP contribution in [0.5, 0.6) is 5.75 Å². The lowest BCUT2D eigenvalue weighted by Crippen LogP contribution is -2.42. The number of alkyl halides is 1. The highest BCUT2D eigenvalue weighted by Gasteiger charge is 2.26. The number of ether oxygens (including phenoxy) is 1. The van der Waals surface area contributed by atoms with Gasteiger partial charge >= 0.3 is 0 Å². The largest absolute Gasteiger partial charge is 0.492 e. The molecule has 0 unspecified atom stereocenters. The molecular formula is C30H40FN3O3. The zero-order valence-electron chi connectivity index (χ0n) is 22.4. The van der Waals surface area contributed by atoms with Crippen LogP contribution in [0, 0.1) is 17.2 Å². The van der Waals surface area contributed by atoms with Gasteiger partial charge in [-0.05, 0) is 88.7 Å². The van der Waals surface area contributed by atoms with E-state index < -0.39 is 11.8 Å². The number of aliphatic hydroxyl groups is 1. The van der Waals surface area contributed by atoms with Gasteiger partial charge in [-0.3, -0.25) is 4.79 Å². The Balaban J connectivity index is 1.62. The highest BCUT2D eigenvalue weighted by atomic mass is 19.1. The molecule has 1 aromatic rings. The second kappa shape index (κ2) is 13.0. The normalized spacial score (nSPS) is 20.4. The van der Waals surface area contributed by atoms with E-state index >= 15 is 0 Å². The minimum absolute atomic E-state index is 0.0842. The SMILES string of the molecule is C=C/C(=C\C=C(/C)C(=O)N1CCC[C@@H](O)C1)c1ccc(OCC2CCN(CC(C)(C)F)CC2)c(C#N)c1. The van der Waals surface area contributed by atoms with Gasteiger partial charge in [0.25, 0.3) is 0 Å². The number of nitrogens with zero attached hydrogens (tertiary/aromatic N) is 3. The van der Waals surface area contributed by atoms with Gasteiger partial charge in [0.05, 0.1) is 18.3 Å². The Morgan fingerprint density at radius 2 is 2.00 bits per heavy atom. The predicted octanol–water partition coefficient (Wildman–Crippen LogP) is 4.90. The first-order valence-corrected chi connectivity index (χ1v) is 13.2. The summed E-state index contributed by atoms with van der Waals surface area (Å²) in [7, 11) is 0. The lowest BCUT2D eigenvalue weighted by atomic mass is 9.96. The topological polar surface area (TPSA) is 76.8 Å². The smallest absolute Gasteiger partial charge is 0.249 e. The van der Waals surface area contributed by atoms with Crippen molar-refractivity contribution in [3.8, 4) is 11.8 Å². The molecule has 2 saturated heterocycles. The first kappa shape index (κ1) is 28.6. The van der Waals surface area contributed by atoms with Crippen molar-refractivity contribution in [1.29, 1.82) is 5.26 Å². The number of benzene rings is 1. The molecule has 2 heterocycles. The van der Waals surface area contributed by atoms with Gasteiger partial charge in [0.1, 0.15) is 17.5 Å². The number of rotatable bonds is 9. The minimum Gasteiger partial charge on any atom is -0.492 e. The summed E-state index contributed by atoms with van der Waals surface area (Å²) in [5.74, 6) is 0.840. The third-order valence-corrected chi connectivity index (χ3v) is 6.97. The molecule has 0 bridgehead atoms. The molecule has 1 amide bonds. The van der Waals surface area contributed by atoms with Crippen LogP contribution in [0.3, 0.4) is 0 Å². The number of nitriles is 1. The van der Waals surface area contributed by atoms with Gasteiger partial charge in [-0.1, -0.05) is 30.9 Å². The molecule has 6 nitrogen and oxygen atoms in total. The minimum atomic E-state index is -1.19.